The van der Waals surface area contributed by atoms with Gasteiger partial charge < -0.3 is 14.8 Å². The molecule has 3 heterocycles. The van der Waals surface area contributed by atoms with Crippen LogP contribution < -0.4 is 14.8 Å². The fraction of sp³-hybridized carbons (Fsp3) is 0.429. The molecule has 2 aromatic rings. The van der Waals surface area contributed by atoms with Crippen LogP contribution in [-0.2, 0) is 0 Å². The van der Waals surface area contributed by atoms with E-state index in [2.05, 4.69) is 51.6 Å². The van der Waals surface area contributed by atoms with E-state index in [0.29, 0.717) is 23.9 Å². The molecule has 1 N–H and O–H groups in total. The Labute approximate surface area is 156 Å². The van der Waals surface area contributed by atoms with Gasteiger partial charge in [0.05, 0.1) is 7.11 Å². The summed E-state index contributed by atoms with van der Waals surface area (Å²) in [6.45, 7) is 0. The average molecular weight is 400 g/mol. The van der Waals surface area contributed by atoms with Gasteiger partial charge >= 0.3 is 0 Å². The first-order valence-corrected chi connectivity index (χ1v) is 9.92. The summed E-state index contributed by atoms with van der Waals surface area (Å²) >= 11 is 3.59. The van der Waals surface area contributed by atoms with Crippen molar-refractivity contribution in [2.45, 2.75) is 43.7 Å². The van der Waals surface area contributed by atoms with Crippen LogP contribution in [-0.4, -0.2) is 19.2 Å². The molecule has 4 heteroatoms. The van der Waals surface area contributed by atoms with E-state index in [-0.39, 0.29) is 0 Å². The third-order valence-electron chi connectivity index (χ3n) is 6.07. The smallest absolute Gasteiger partial charge is 0.173 e. The first-order valence-electron chi connectivity index (χ1n) is 9.13. The van der Waals surface area contributed by atoms with Crippen LogP contribution in [0, 0.1) is 5.92 Å². The molecule has 5 rings (SSSR count). The minimum Gasteiger partial charge on any atom is -0.493 e. The quantitative estimate of drug-likeness (QED) is 0.749. The minimum absolute atomic E-state index is 0.382. The third kappa shape index (κ3) is 2.58. The number of para-hydroxylation sites is 1. The lowest BCUT2D eigenvalue weighted by Gasteiger charge is -2.38. The van der Waals surface area contributed by atoms with Gasteiger partial charge in [0.1, 0.15) is 5.75 Å². The third-order valence-corrected chi connectivity index (χ3v) is 6.56. The van der Waals surface area contributed by atoms with Gasteiger partial charge in [-0.05, 0) is 49.8 Å². The van der Waals surface area contributed by atoms with Crippen molar-refractivity contribution >= 4 is 15.9 Å². The Morgan fingerprint density at radius 2 is 1.88 bits per heavy atom. The van der Waals surface area contributed by atoms with E-state index in [1.807, 2.05) is 6.07 Å². The topological polar surface area (TPSA) is 30.5 Å². The van der Waals surface area contributed by atoms with Crippen LogP contribution in [0.25, 0.3) is 0 Å². The predicted octanol–water partition coefficient (Wildman–Crippen LogP) is 5.23. The standard InChI is InChI=1S/C21H22BrNO2/c1-24-18-4-2-3-17-20(12-9-14-6-7-15(10-12)23-14)16-8-5-13(22)11-19(16)25-21(17)18/h2-5,8,11-12,14-15,20,23H,6-7,9-10H2,1H3. The highest BCUT2D eigenvalue weighted by atomic mass is 79.9. The molecule has 3 unspecified atom stereocenters. The van der Waals surface area contributed by atoms with Gasteiger partial charge in [-0.2, -0.15) is 0 Å². The van der Waals surface area contributed by atoms with E-state index in [0.717, 1.165) is 21.7 Å². The molecule has 0 amide bonds. The number of hydrogen-bond donors (Lipinski definition) is 1. The molecule has 3 aliphatic heterocycles. The normalized spacial score (nSPS) is 29.5. The first-order chi connectivity index (χ1) is 12.2. The van der Waals surface area contributed by atoms with Crippen molar-refractivity contribution in [2.75, 3.05) is 7.11 Å². The molecule has 3 atom stereocenters. The molecule has 0 aromatic heterocycles. The first kappa shape index (κ1) is 15.7. The summed E-state index contributed by atoms with van der Waals surface area (Å²) in [6.07, 6.45) is 5.13. The molecule has 130 valence electrons. The molecule has 0 spiro atoms. The van der Waals surface area contributed by atoms with Gasteiger partial charge in [-0.3, -0.25) is 0 Å². The van der Waals surface area contributed by atoms with Gasteiger partial charge in [-0.25, -0.2) is 0 Å². The molecular formula is C21H22BrNO2. The number of benzene rings is 2. The average Bonchev–Trinajstić information content (AvgIpc) is 2.97. The van der Waals surface area contributed by atoms with Crippen molar-refractivity contribution < 1.29 is 9.47 Å². The maximum absolute atomic E-state index is 6.30. The van der Waals surface area contributed by atoms with Crippen LogP contribution in [0.3, 0.4) is 0 Å². The fourth-order valence-corrected chi connectivity index (χ4v) is 5.40. The van der Waals surface area contributed by atoms with Gasteiger partial charge in [-0.1, -0.05) is 34.1 Å². The summed E-state index contributed by atoms with van der Waals surface area (Å²) in [5.74, 6) is 3.71. The van der Waals surface area contributed by atoms with Crippen LogP contribution in [0.4, 0.5) is 0 Å². The van der Waals surface area contributed by atoms with Crippen LogP contribution in [0.2, 0.25) is 0 Å². The van der Waals surface area contributed by atoms with E-state index in [4.69, 9.17) is 9.47 Å². The molecule has 2 fully saturated rings. The lowest BCUT2D eigenvalue weighted by atomic mass is 9.73. The van der Waals surface area contributed by atoms with Crippen molar-refractivity contribution in [3.63, 3.8) is 0 Å². The number of hydrogen-bond acceptors (Lipinski definition) is 3. The van der Waals surface area contributed by atoms with Crippen molar-refractivity contribution in [1.82, 2.24) is 5.32 Å². The number of ether oxygens (including phenoxy) is 2. The predicted molar refractivity (Wildman–Crippen MR) is 102 cm³/mol. The maximum Gasteiger partial charge on any atom is 0.173 e. The lowest BCUT2D eigenvalue weighted by molar-refractivity contribution is 0.264. The number of rotatable bonds is 2. The van der Waals surface area contributed by atoms with Crippen LogP contribution in [0.1, 0.15) is 42.7 Å². The number of fused-ring (bicyclic) bond motifs is 4. The highest BCUT2D eigenvalue weighted by molar-refractivity contribution is 9.10. The number of nitrogens with one attached hydrogen (secondary N) is 1. The molecule has 25 heavy (non-hydrogen) atoms. The Hall–Kier alpha value is -1.52. The van der Waals surface area contributed by atoms with Gasteiger partial charge in [0.2, 0.25) is 0 Å². The second-order valence-electron chi connectivity index (χ2n) is 7.51. The number of methoxy groups -OCH3 is 1. The molecule has 0 radical (unpaired) electrons. The highest BCUT2D eigenvalue weighted by Gasteiger charge is 2.41. The molecular weight excluding hydrogens is 378 g/mol. The van der Waals surface area contributed by atoms with E-state index in [9.17, 15) is 0 Å². The van der Waals surface area contributed by atoms with Crippen LogP contribution >= 0.6 is 15.9 Å². The van der Waals surface area contributed by atoms with Crippen molar-refractivity contribution in [3.05, 3.63) is 52.0 Å². The van der Waals surface area contributed by atoms with E-state index < -0.39 is 0 Å². The molecule has 0 aliphatic carbocycles. The summed E-state index contributed by atoms with van der Waals surface area (Å²) < 4.78 is 12.9. The van der Waals surface area contributed by atoms with Gasteiger partial charge in [0.15, 0.2) is 11.5 Å². The molecule has 2 aromatic carbocycles. The molecule has 2 bridgehead atoms. The Morgan fingerprint density at radius 1 is 1.08 bits per heavy atom. The van der Waals surface area contributed by atoms with E-state index in [1.165, 1.54) is 36.8 Å². The molecule has 3 aliphatic rings. The monoisotopic (exact) mass is 399 g/mol. The summed E-state index contributed by atoms with van der Waals surface area (Å²) in [4.78, 5) is 0. The largest absolute Gasteiger partial charge is 0.493 e. The van der Waals surface area contributed by atoms with Crippen LogP contribution in [0.15, 0.2) is 40.9 Å². The zero-order valence-corrected chi connectivity index (χ0v) is 15.9. The lowest BCUT2D eigenvalue weighted by Crippen LogP contribution is -2.40. The Bertz CT molecular complexity index is 810. The second kappa shape index (κ2) is 6.03. The van der Waals surface area contributed by atoms with Gasteiger partial charge in [-0.15, -0.1) is 0 Å². The molecule has 3 nitrogen and oxygen atoms in total. The van der Waals surface area contributed by atoms with Crippen molar-refractivity contribution in [3.8, 4) is 17.2 Å². The van der Waals surface area contributed by atoms with E-state index >= 15 is 0 Å². The van der Waals surface area contributed by atoms with Gasteiger partial charge in [0, 0.05) is 33.6 Å². The van der Waals surface area contributed by atoms with Gasteiger partial charge in [0.25, 0.3) is 0 Å². The van der Waals surface area contributed by atoms with Crippen molar-refractivity contribution in [1.29, 1.82) is 0 Å². The van der Waals surface area contributed by atoms with Crippen LogP contribution in [0.5, 0.6) is 17.2 Å². The fourth-order valence-electron chi connectivity index (χ4n) is 5.06. The zero-order valence-electron chi connectivity index (χ0n) is 14.3. The summed E-state index contributed by atoms with van der Waals surface area (Å²) in [5.41, 5.74) is 2.59. The SMILES string of the molecule is COc1cccc2c1Oc1cc(Br)ccc1C2C1CC2CCC(C1)N2. The Kier molecular flexibility index (Phi) is 3.79. The Morgan fingerprint density at radius 3 is 2.64 bits per heavy atom. The van der Waals surface area contributed by atoms with Crippen molar-refractivity contribution in [2.24, 2.45) is 5.92 Å². The Balaban J connectivity index is 1.64. The number of piperidine rings is 1. The summed E-state index contributed by atoms with van der Waals surface area (Å²) in [6, 6.07) is 14.1. The highest BCUT2D eigenvalue weighted by Crippen LogP contribution is 2.54. The number of halogens is 1. The summed E-state index contributed by atoms with van der Waals surface area (Å²) in [7, 11) is 1.72. The van der Waals surface area contributed by atoms with E-state index in [1.54, 1.807) is 7.11 Å². The molecule has 2 saturated heterocycles. The minimum atomic E-state index is 0.382. The maximum atomic E-state index is 6.30. The second-order valence-corrected chi connectivity index (χ2v) is 8.43. The molecule has 0 saturated carbocycles. The summed E-state index contributed by atoms with van der Waals surface area (Å²) in [5, 5.41) is 3.78. The zero-order chi connectivity index (χ0) is 17.0.